The summed E-state index contributed by atoms with van der Waals surface area (Å²) >= 11 is 0. The zero-order valence-corrected chi connectivity index (χ0v) is 14.0. The molecule has 0 amide bonds. The summed E-state index contributed by atoms with van der Waals surface area (Å²) in [6, 6.07) is 0.938. The van der Waals surface area contributed by atoms with Crippen LogP contribution >= 0.6 is 0 Å². The number of nitrogens with zero attached hydrogens (tertiary/aromatic N) is 1. The van der Waals surface area contributed by atoms with E-state index in [9.17, 15) is 0 Å². The standard InChI is InChI=1S/C17H32N2/c1-11(2)15-16(12(3)4)18-9-10-19(14(7)8)17(15)13(5)6/h9-14,16,18H,1-8H3. The van der Waals surface area contributed by atoms with Gasteiger partial charge in [-0.3, -0.25) is 0 Å². The Hall–Kier alpha value is -0.920. The molecule has 1 N–H and O–H groups in total. The number of hydrogen-bond acceptors (Lipinski definition) is 2. The summed E-state index contributed by atoms with van der Waals surface area (Å²) in [5.74, 6) is 1.71. The van der Waals surface area contributed by atoms with E-state index >= 15 is 0 Å². The van der Waals surface area contributed by atoms with Crippen LogP contribution in [0.15, 0.2) is 23.7 Å². The van der Waals surface area contributed by atoms with E-state index in [0.717, 1.165) is 0 Å². The van der Waals surface area contributed by atoms with Crippen molar-refractivity contribution < 1.29 is 0 Å². The molecule has 1 aliphatic heterocycles. The maximum Gasteiger partial charge on any atom is 0.0514 e. The second-order valence-corrected chi connectivity index (χ2v) is 6.86. The van der Waals surface area contributed by atoms with Gasteiger partial charge < -0.3 is 10.2 Å². The highest BCUT2D eigenvalue weighted by Crippen LogP contribution is 2.32. The molecule has 2 heteroatoms. The van der Waals surface area contributed by atoms with Crippen LogP contribution in [0.5, 0.6) is 0 Å². The van der Waals surface area contributed by atoms with E-state index in [4.69, 9.17) is 0 Å². The third-order valence-corrected chi connectivity index (χ3v) is 3.81. The van der Waals surface area contributed by atoms with Crippen LogP contribution in [0.2, 0.25) is 0 Å². The lowest BCUT2D eigenvalue weighted by Gasteiger charge is -2.35. The van der Waals surface area contributed by atoms with E-state index in [-0.39, 0.29) is 0 Å². The normalized spacial score (nSPS) is 20.8. The van der Waals surface area contributed by atoms with Gasteiger partial charge in [-0.15, -0.1) is 0 Å². The first-order valence-corrected chi connectivity index (χ1v) is 7.72. The molecule has 0 saturated carbocycles. The summed E-state index contributed by atoms with van der Waals surface area (Å²) in [5, 5.41) is 3.60. The fourth-order valence-electron chi connectivity index (χ4n) is 2.99. The van der Waals surface area contributed by atoms with Crippen molar-refractivity contribution in [2.24, 2.45) is 17.8 Å². The van der Waals surface area contributed by atoms with E-state index in [1.54, 1.807) is 5.57 Å². The van der Waals surface area contributed by atoms with Gasteiger partial charge in [-0.1, -0.05) is 41.5 Å². The Morgan fingerprint density at radius 3 is 1.89 bits per heavy atom. The minimum Gasteiger partial charge on any atom is -0.383 e. The first kappa shape index (κ1) is 16.1. The topological polar surface area (TPSA) is 15.3 Å². The maximum absolute atomic E-state index is 3.60. The molecular formula is C17H32N2. The molecule has 1 atom stereocenters. The van der Waals surface area contributed by atoms with Crippen LogP contribution in [0, 0.1) is 17.8 Å². The lowest BCUT2D eigenvalue weighted by molar-refractivity contribution is 0.334. The molecule has 19 heavy (non-hydrogen) atoms. The Balaban J connectivity index is 3.41. The molecule has 0 radical (unpaired) electrons. The van der Waals surface area contributed by atoms with Crippen molar-refractivity contribution in [2.75, 3.05) is 0 Å². The second kappa shape index (κ2) is 6.49. The van der Waals surface area contributed by atoms with Crippen LogP contribution < -0.4 is 5.32 Å². The van der Waals surface area contributed by atoms with Crippen molar-refractivity contribution in [3.05, 3.63) is 23.7 Å². The van der Waals surface area contributed by atoms with Gasteiger partial charge in [0.05, 0.1) is 6.04 Å². The van der Waals surface area contributed by atoms with Crippen LogP contribution in [0.3, 0.4) is 0 Å². The lowest BCUT2D eigenvalue weighted by Crippen LogP contribution is -2.36. The van der Waals surface area contributed by atoms with Gasteiger partial charge in [0.1, 0.15) is 0 Å². The number of hydrogen-bond donors (Lipinski definition) is 1. The second-order valence-electron chi connectivity index (χ2n) is 6.86. The number of allylic oxidation sites excluding steroid dienone is 1. The Bertz CT molecular complexity index is 348. The van der Waals surface area contributed by atoms with Crippen LogP contribution in [0.25, 0.3) is 0 Å². The Morgan fingerprint density at radius 2 is 1.53 bits per heavy atom. The molecule has 0 fully saturated rings. The van der Waals surface area contributed by atoms with Crippen molar-refractivity contribution in [3.63, 3.8) is 0 Å². The van der Waals surface area contributed by atoms with Crippen LogP contribution in [-0.2, 0) is 0 Å². The Kier molecular flexibility index (Phi) is 5.51. The van der Waals surface area contributed by atoms with E-state index in [1.807, 2.05) is 0 Å². The van der Waals surface area contributed by atoms with Crippen molar-refractivity contribution in [3.8, 4) is 0 Å². The van der Waals surface area contributed by atoms with Crippen molar-refractivity contribution in [2.45, 2.75) is 67.5 Å². The predicted octanol–water partition coefficient (Wildman–Crippen LogP) is 4.36. The SMILES string of the molecule is CC(C)C1=C(C(C)C)N(C(C)C)C=CNC1C(C)C. The zero-order valence-electron chi connectivity index (χ0n) is 14.0. The summed E-state index contributed by atoms with van der Waals surface area (Å²) in [6.45, 7) is 18.4. The van der Waals surface area contributed by atoms with Crippen molar-refractivity contribution in [1.82, 2.24) is 10.2 Å². The largest absolute Gasteiger partial charge is 0.383 e. The Morgan fingerprint density at radius 1 is 0.947 bits per heavy atom. The van der Waals surface area contributed by atoms with E-state index < -0.39 is 0 Å². The molecule has 1 rings (SSSR count). The molecule has 0 aliphatic carbocycles. The van der Waals surface area contributed by atoms with Gasteiger partial charge in [0.2, 0.25) is 0 Å². The highest BCUT2D eigenvalue weighted by Gasteiger charge is 2.29. The molecule has 0 bridgehead atoms. The average Bonchev–Trinajstić information content (AvgIpc) is 2.47. The fourth-order valence-corrected chi connectivity index (χ4v) is 2.99. The van der Waals surface area contributed by atoms with Crippen molar-refractivity contribution >= 4 is 0 Å². The molecule has 110 valence electrons. The molecule has 2 nitrogen and oxygen atoms in total. The van der Waals surface area contributed by atoms with Gasteiger partial charge in [-0.05, 0) is 37.2 Å². The van der Waals surface area contributed by atoms with E-state index in [0.29, 0.717) is 29.8 Å². The van der Waals surface area contributed by atoms with Gasteiger partial charge in [0.15, 0.2) is 0 Å². The smallest absolute Gasteiger partial charge is 0.0514 e. The molecule has 0 aromatic carbocycles. The molecule has 0 spiro atoms. The number of rotatable bonds is 4. The van der Waals surface area contributed by atoms with Crippen LogP contribution in [0.4, 0.5) is 0 Å². The van der Waals surface area contributed by atoms with Gasteiger partial charge in [-0.25, -0.2) is 0 Å². The molecule has 1 aliphatic rings. The van der Waals surface area contributed by atoms with Gasteiger partial charge in [0.25, 0.3) is 0 Å². The summed E-state index contributed by atoms with van der Waals surface area (Å²) in [5.41, 5.74) is 3.08. The number of nitrogens with one attached hydrogen (secondary N) is 1. The van der Waals surface area contributed by atoms with Gasteiger partial charge >= 0.3 is 0 Å². The van der Waals surface area contributed by atoms with Crippen LogP contribution in [-0.4, -0.2) is 17.0 Å². The van der Waals surface area contributed by atoms with Crippen LogP contribution in [0.1, 0.15) is 55.4 Å². The van der Waals surface area contributed by atoms with Gasteiger partial charge in [-0.2, -0.15) is 0 Å². The molecular weight excluding hydrogens is 232 g/mol. The predicted molar refractivity (Wildman–Crippen MR) is 84.6 cm³/mol. The van der Waals surface area contributed by atoms with E-state index in [1.165, 1.54) is 5.70 Å². The highest BCUT2D eigenvalue weighted by molar-refractivity contribution is 5.28. The maximum atomic E-state index is 3.60. The lowest BCUT2D eigenvalue weighted by atomic mass is 9.84. The minimum absolute atomic E-state index is 0.442. The summed E-state index contributed by atoms with van der Waals surface area (Å²) in [7, 11) is 0. The molecule has 1 heterocycles. The third kappa shape index (κ3) is 3.55. The zero-order chi connectivity index (χ0) is 14.7. The third-order valence-electron chi connectivity index (χ3n) is 3.81. The highest BCUT2D eigenvalue weighted by atomic mass is 15.2. The summed E-state index contributed by atoms with van der Waals surface area (Å²) < 4.78 is 0. The van der Waals surface area contributed by atoms with Gasteiger partial charge in [0, 0.05) is 24.1 Å². The monoisotopic (exact) mass is 264 g/mol. The minimum atomic E-state index is 0.442. The van der Waals surface area contributed by atoms with E-state index in [2.05, 4.69) is 78.0 Å². The first-order chi connectivity index (χ1) is 8.77. The molecule has 0 aromatic heterocycles. The fraction of sp³-hybridized carbons (Fsp3) is 0.765. The first-order valence-electron chi connectivity index (χ1n) is 7.72. The molecule has 0 aromatic rings. The summed E-state index contributed by atoms with van der Waals surface area (Å²) in [6.07, 6.45) is 4.34. The quantitative estimate of drug-likeness (QED) is 0.811. The Labute approximate surface area is 120 Å². The molecule has 1 unspecified atom stereocenters. The van der Waals surface area contributed by atoms with Crippen molar-refractivity contribution in [1.29, 1.82) is 0 Å². The molecule has 0 saturated heterocycles. The summed E-state index contributed by atoms with van der Waals surface area (Å²) in [4.78, 5) is 2.44. The average molecular weight is 264 g/mol.